The maximum Gasteiger partial charge on any atom is 0.320 e. The van der Waals surface area contributed by atoms with Crippen LogP contribution in [0.15, 0.2) is 47.5 Å². The number of halogens is 2. The van der Waals surface area contributed by atoms with E-state index in [1.54, 1.807) is 30.3 Å². The molecule has 11 heteroatoms. The van der Waals surface area contributed by atoms with Crippen LogP contribution >= 0.6 is 0 Å². The van der Waals surface area contributed by atoms with Crippen LogP contribution in [-0.2, 0) is 22.7 Å². The molecule has 0 aliphatic heterocycles. The normalized spacial score (nSPS) is 11.3. The zero-order chi connectivity index (χ0) is 24.2. The predicted molar refractivity (Wildman–Crippen MR) is 119 cm³/mol. The number of esters is 1. The molecule has 0 N–H and O–H groups in total. The lowest BCUT2D eigenvalue weighted by Crippen LogP contribution is -2.21. The Bertz CT molecular complexity index is 1400. The molecule has 0 saturated heterocycles. The number of hydrogen-bond donors (Lipinski definition) is 0. The standard InChI is InChI=1S/C23H22F2N4O5/c1-32-18-10-14-16(11-19(18)33-2)26-13-28(22(14)31)9-5-8-21(30)34-12-20-27-15-6-3-4-7-17(15)29(20)23(24)25/h3-4,6-7,10-11,13,23H,5,8-9,12H2,1-2H3. The lowest BCUT2D eigenvalue weighted by atomic mass is 10.2. The highest BCUT2D eigenvalue weighted by molar-refractivity contribution is 5.81. The van der Waals surface area contributed by atoms with Crippen LogP contribution in [0, 0.1) is 0 Å². The van der Waals surface area contributed by atoms with Crippen LogP contribution in [-0.4, -0.2) is 39.3 Å². The Morgan fingerprint density at radius 1 is 1.09 bits per heavy atom. The fraction of sp³-hybridized carbons (Fsp3) is 0.304. The number of carbonyl (C=O) groups excluding carboxylic acids is 1. The van der Waals surface area contributed by atoms with E-state index in [0.717, 1.165) is 4.57 Å². The lowest BCUT2D eigenvalue weighted by molar-refractivity contribution is -0.145. The van der Waals surface area contributed by atoms with Crippen molar-refractivity contribution >= 4 is 27.9 Å². The Morgan fingerprint density at radius 2 is 1.82 bits per heavy atom. The molecular weight excluding hydrogens is 450 g/mol. The van der Waals surface area contributed by atoms with E-state index in [-0.39, 0.29) is 36.5 Å². The molecule has 0 fully saturated rings. The van der Waals surface area contributed by atoms with E-state index in [1.807, 2.05) is 0 Å². The van der Waals surface area contributed by atoms with Gasteiger partial charge in [0.15, 0.2) is 17.3 Å². The van der Waals surface area contributed by atoms with E-state index in [1.165, 1.54) is 31.2 Å². The first-order chi connectivity index (χ1) is 16.4. The molecule has 0 aliphatic rings. The smallest absolute Gasteiger partial charge is 0.320 e. The Balaban J connectivity index is 1.39. The summed E-state index contributed by atoms with van der Waals surface area (Å²) in [5, 5.41) is 0.355. The minimum atomic E-state index is -2.81. The van der Waals surface area contributed by atoms with E-state index in [0.29, 0.717) is 34.3 Å². The van der Waals surface area contributed by atoms with Gasteiger partial charge in [0, 0.05) is 19.0 Å². The summed E-state index contributed by atoms with van der Waals surface area (Å²) in [6, 6.07) is 9.64. The van der Waals surface area contributed by atoms with Gasteiger partial charge in [-0.3, -0.25) is 18.7 Å². The van der Waals surface area contributed by atoms with Gasteiger partial charge in [-0.15, -0.1) is 0 Å². The lowest BCUT2D eigenvalue weighted by Gasteiger charge is -2.11. The average molecular weight is 472 g/mol. The van der Waals surface area contributed by atoms with E-state index in [9.17, 15) is 18.4 Å². The van der Waals surface area contributed by atoms with Gasteiger partial charge in [0.1, 0.15) is 6.61 Å². The van der Waals surface area contributed by atoms with Crippen LogP contribution in [0.5, 0.6) is 11.5 Å². The third-order valence-corrected chi connectivity index (χ3v) is 5.34. The molecule has 34 heavy (non-hydrogen) atoms. The molecule has 9 nitrogen and oxygen atoms in total. The maximum atomic E-state index is 13.5. The molecular formula is C23H22F2N4O5. The van der Waals surface area contributed by atoms with Gasteiger partial charge < -0.3 is 14.2 Å². The summed E-state index contributed by atoms with van der Waals surface area (Å²) in [6.45, 7) is -2.97. The summed E-state index contributed by atoms with van der Waals surface area (Å²) >= 11 is 0. The first-order valence-electron chi connectivity index (χ1n) is 10.4. The molecule has 0 amide bonds. The number of para-hydroxylation sites is 2. The van der Waals surface area contributed by atoms with Crippen molar-refractivity contribution in [1.82, 2.24) is 19.1 Å². The van der Waals surface area contributed by atoms with E-state index >= 15 is 0 Å². The van der Waals surface area contributed by atoms with Gasteiger partial charge in [0.2, 0.25) is 0 Å². The van der Waals surface area contributed by atoms with Crippen molar-refractivity contribution < 1.29 is 27.8 Å². The number of ether oxygens (including phenoxy) is 3. The predicted octanol–water partition coefficient (Wildman–Crippen LogP) is 3.68. The van der Waals surface area contributed by atoms with Crippen LogP contribution < -0.4 is 15.0 Å². The molecule has 0 atom stereocenters. The molecule has 4 rings (SSSR count). The van der Waals surface area contributed by atoms with Gasteiger partial charge in [0.05, 0.1) is 42.5 Å². The van der Waals surface area contributed by atoms with Gasteiger partial charge in [-0.25, -0.2) is 9.97 Å². The molecule has 0 saturated carbocycles. The highest BCUT2D eigenvalue weighted by atomic mass is 19.3. The van der Waals surface area contributed by atoms with Crippen molar-refractivity contribution in [3.63, 3.8) is 0 Å². The van der Waals surface area contributed by atoms with Crippen molar-refractivity contribution in [3.05, 3.63) is 58.9 Å². The maximum absolute atomic E-state index is 13.5. The number of methoxy groups -OCH3 is 2. The van der Waals surface area contributed by atoms with Crippen molar-refractivity contribution in [2.24, 2.45) is 0 Å². The Kier molecular flexibility index (Phi) is 6.71. The number of nitrogens with zero attached hydrogens (tertiary/aromatic N) is 4. The average Bonchev–Trinajstić information content (AvgIpc) is 3.22. The van der Waals surface area contributed by atoms with Crippen molar-refractivity contribution in [2.75, 3.05) is 14.2 Å². The molecule has 0 aliphatic carbocycles. The third kappa shape index (κ3) is 4.54. The summed E-state index contributed by atoms with van der Waals surface area (Å²) in [6.07, 6.45) is 1.68. The number of alkyl halides is 2. The molecule has 2 heterocycles. The SMILES string of the molecule is COc1cc2ncn(CCCC(=O)OCc3nc4ccccc4n3C(F)F)c(=O)c2cc1OC. The quantitative estimate of drug-likeness (QED) is 0.343. The number of imidazole rings is 1. The van der Waals surface area contributed by atoms with Crippen molar-refractivity contribution in [3.8, 4) is 11.5 Å². The molecule has 0 bridgehead atoms. The van der Waals surface area contributed by atoms with Crippen LogP contribution in [0.2, 0.25) is 0 Å². The number of fused-ring (bicyclic) bond motifs is 2. The molecule has 4 aromatic rings. The molecule has 2 aromatic heterocycles. The summed E-state index contributed by atoms with van der Waals surface area (Å²) in [5.41, 5.74) is 0.831. The van der Waals surface area contributed by atoms with E-state index in [2.05, 4.69) is 9.97 Å². The second-order valence-electron chi connectivity index (χ2n) is 7.40. The van der Waals surface area contributed by atoms with E-state index < -0.39 is 12.5 Å². The van der Waals surface area contributed by atoms with Gasteiger partial charge in [-0.1, -0.05) is 12.1 Å². The fourth-order valence-corrected chi connectivity index (χ4v) is 3.67. The first kappa shape index (κ1) is 23.1. The number of carbonyl (C=O) groups is 1. The Morgan fingerprint density at radius 3 is 2.56 bits per heavy atom. The number of rotatable bonds is 9. The zero-order valence-corrected chi connectivity index (χ0v) is 18.5. The van der Waals surface area contributed by atoms with E-state index in [4.69, 9.17) is 14.2 Å². The largest absolute Gasteiger partial charge is 0.493 e. The topological polar surface area (TPSA) is 97.5 Å². The Labute approximate surface area is 192 Å². The van der Waals surface area contributed by atoms with Gasteiger partial charge in [-0.2, -0.15) is 8.78 Å². The molecule has 0 unspecified atom stereocenters. The number of aromatic nitrogens is 4. The fourth-order valence-electron chi connectivity index (χ4n) is 3.67. The minimum Gasteiger partial charge on any atom is -0.493 e. The summed E-state index contributed by atoms with van der Waals surface area (Å²) in [4.78, 5) is 33.4. The number of benzene rings is 2. The first-order valence-corrected chi connectivity index (χ1v) is 10.4. The van der Waals surface area contributed by atoms with Gasteiger partial charge >= 0.3 is 12.5 Å². The van der Waals surface area contributed by atoms with Gasteiger partial charge in [0.25, 0.3) is 5.56 Å². The summed E-state index contributed by atoms with van der Waals surface area (Å²) < 4.78 is 44.7. The number of hydrogen-bond acceptors (Lipinski definition) is 7. The summed E-state index contributed by atoms with van der Waals surface area (Å²) in [7, 11) is 2.97. The zero-order valence-electron chi connectivity index (χ0n) is 18.5. The minimum absolute atomic E-state index is 0.00861. The van der Waals surface area contributed by atoms with Gasteiger partial charge in [-0.05, 0) is 24.6 Å². The molecule has 2 aromatic carbocycles. The van der Waals surface area contributed by atoms with Crippen molar-refractivity contribution in [1.29, 1.82) is 0 Å². The molecule has 0 radical (unpaired) electrons. The van der Waals surface area contributed by atoms with Crippen LogP contribution in [0.25, 0.3) is 21.9 Å². The second kappa shape index (κ2) is 9.86. The Hall–Kier alpha value is -4.02. The highest BCUT2D eigenvalue weighted by Gasteiger charge is 2.18. The van der Waals surface area contributed by atoms with Crippen LogP contribution in [0.3, 0.4) is 0 Å². The highest BCUT2D eigenvalue weighted by Crippen LogP contribution is 2.29. The van der Waals surface area contributed by atoms with Crippen LogP contribution in [0.4, 0.5) is 8.78 Å². The summed E-state index contributed by atoms with van der Waals surface area (Å²) in [5.74, 6) is 0.248. The second-order valence-corrected chi connectivity index (χ2v) is 7.40. The third-order valence-electron chi connectivity index (χ3n) is 5.34. The molecule has 178 valence electrons. The van der Waals surface area contributed by atoms with Crippen LogP contribution in [0.1, 0.15) is 25.2 Å². The monoisotopic (exact) mass is 472 g/mol. The van der Waals surface area contributed by atoms with Crippen molar-refractivity contribution in [2.45, 2.75) is 32.5 Å². The number of aryl methyl sites for hydroxylation is 1. The molecule has 0 spiro atoms.